The zero-order valence-corrected chi connectivity index (χ0v) is 13.9. The highest BCUT2D eigenvalue weighted by molar-refractivity contribution is 6.04. The van der Waals surface area contributed by atoms with Crippen molar-refractivity contribution in [2.45, 2.75) is 33.7 Å². The van der Waals surface area contributed by atoms with Crippen LogP contribution in [0.2, 0.25) is 0 Å². The summed E-state index contributed by atoms with van der Waals surface area (Å²) in [6.07, 6.45) is 1.03. The summed E-state index contributed by atoms with van der Waals surface area (Å²) in [6.45, 7) is 11.7. The Labute approximate surface area is 130 Å². The third kappa shape index (κ3) is 5.04. The second kappa shape index (κ2) is 6.84. The SMILES string of the molecule is [B]N1CCN(Cc2ccc(CC(C)(C)C)c(OC)c2)CC1. The molecule has 1 aromatic carbocycles. The number of rotatable bonds is 4. The molecule has 0 aliphatic carbocycles. The van der Waals surface area contributed by atoms with Crippen LogP contribution in [0.4, 0.5) is 0 Å². The summed E-state index contributed by atoms with van der Waals surface area (Å²) in [6, 6.07) is 6.65. The summed E-state index contributed by atoms with van der Waals surface area (Å²) in [5, 5.41) is 0. The lowest BCUT2D eigenvalue weighted by Crippen LogP contribution is -2.44. The van der Waals surface area contributed by atoms with Crippen molar-refractivity contribution in [3.05, 3.63) is 29.3 Å². The van der Waals surface area contributed by atoms with Crippen LogP contribution < -0.4 is 4.74 Å². The van der Waals surface area contributed by atoms with Crippen molar-refractivity contribution in [1.82, 2.24) is 9.71 Å². The third-order valence-corrected chi connectivity index (χ3v) is 3.89. The van der Waals surface area contributed by atoms with Gasteiger partial charge < -0.3 is 9.55 Å². The number of ether oxygens (including phenoxy) is 1. The average molecular weight is 286 g/mol. The van der Waals surface area contributed by atoms with Crippen LogP contribution in [0.15, 0.2) is 18.2 Å². The highest BCUT2D eigenvalue weighted by atomic mass is 16.5. The molecule has 1 aliphatic rings. The first kappa shape index (κ1) is 16.4. The molecule has 1 aromatic rings. The van der Waals surface area contributed by atoms with E-state index in [-0.39, 0.29) is 5.41 Å². The lowest BCUT2D eigenvalue weighted by Gasteiger charge is -2.33. The number of piperazine rings is 1. The van der Waals surface area contributed by atoms with E-state index in [4.69, 9.17) is 12.7 Å². The summed E-state index contributed by atoms with van der Waals surface area (Å²) < 4.78 is 5.59. The van der Waals surface area contributed by atoms with Gasteiger partial charge in [-0.15, -0.1) is 0 Å². The topological polar surface area (TPSA) is 15.7 Å². The third-order valence-electron chi connectivity index (χ3n) is 3.89. The fourth-order valence-electron chi connectivity index (χ4n) is 2.78. The second-order valence-electron chi connectivity index (χ2n) is 7.20. The summed E-state index contributed by atoms with van der Waals surface area (Å²) in [5.41, 5.74) is 2.88. The van der Waals surface area contributed by atoms with Gasteiger partial charge in [0.1, 0.15) is 5.75 Å². The van der Waals surface area contributed by atoms with Crippen LogP contribution in [-0.4, -0.2) is 51.0 Å². The van der Waals surface area contributed by atoms with Gasteiger partial charge in [-0.05, 0) is 42.1 Å². The molecule has 0 saturated carbocycles. The van der Waals surface area contributed by atoms with Gasteiger partial charge in [-0.25, -0.2) is 0 Å². The monoisotopic (exact) mass is 286 g/mol. The fraction of sp³-hybridized carbons (Fsp3) is 0.647. The van der Waals surface area contributed by atoms with Gasteiger partial charge >= 0.3 is 0 Å². The largest absolute Gasteiger partial charge is 0.496 e. The highest BCUT2D eigenvalue weighted by Gasteiger charge is 2.17. The first-order valence-electron chi connectivity index (χ1n) is 7.75. The minimum absolute atomic E-state index is 0.270. The Kier molecular flexibility index (Phi) is 5.34. The molecule has 0 aromatic heterocycles. The molecule has 2 rings (SSSR count). The van der Waals surface area contributed by atoms with Crippen molar-refractivity contribution in [2.75, 3.05) is 33.3 Å². The standard InChI is InChI=1S/C17H27BN2O/c1-17(2,3)12-15-6-5-14(11-16(15)21-4)13-19-7-9-20(18)10-8-19/h5-6,11H,7-10,12-13H2,1-4H3. The molecule has 114 valence electrons. The molecule has 0 N–H and O–H groups in total. The molecule has 4 heteroatoms. The van der Waals surface area contributed by atoms with E-state index in [0.29, 0.717) is 0 Å². The average Bonchev–Trinajstić information content (AvgIpc) is 2.41. The number of hydrogen-bond donors (Lipinski definition) is 0. The van der Waals surface area contributed by atoms with Gasteiger partial charge in [0.15, 0.2) is 7.98 Å². The Morgan fingerprint density at radius 1 is 1.14 bits per heavy atom. The predicted molar refractivity (Wildman–Crippen MR) is 88.8 cm³/mol. The number of benzene rings is 1. The number of hydrogen-bond acceptors (Lipinski definition) is 3. The summed E-state index contributed by atoms with van der Waals surface area (Å²) in [5.74, 6) is 1.01. The van der Waals surface area contributed by atoms with Crippen molar-refractivity contribution in [3.8, 4) is 5.75 Å². The van der Waals surface area contributed by atoms with Crippen LogP contribution in [0.1, 0.15) is 31.9 Å². The maximum atomic E-state index is 5.80. The Balaban J connectivity index is 2.04. The second-order valence-corrected chi connectivity index (χ2v) is 7.20. The van der Waals surface area contributed by atoms with Crippen LogP contribution in [0.3, 0.4) is 0 Å². The normalized spacial score (nSPS) is 17.9. The Morgan fingerprint density at radius 3 is 2.38 bits per heavy atom. The smallest absolute Gasteiger partial charge is 0.182 e. The van der Waals surface area contributed by atoms with Gasteiger partial charge in [-0.3, -0.25) is 4.90 Å². The van der Waals surface area contributed by atoms with E-state index < -0.39 is 0 Å². The van der Waals surface area contributed by atoms with Gasteiger partial charge in [-0.1, -0.05) is 32.9 Å². The van der Waals surface area contributed by atoms with Crippen molar-refractivity contribution >= 4 is 7.98 Å². The van der Waals surface area contributed by atoms with E-state index in [2.05, 4.69) is 43.9 Å². The van der Waals surface area contributed by atoms with E-state index in [1.54, 1.807) is 7.11 Å². The Bertz CT molecular complexity index is 462. The van der Waals surface area contributed by atoms with E-state index in [1.165, 1.54) is 11.1 Å². The van der Waals surface area contributed by atoms with Gasteiger partial charge in [0.05, 0.1) is 7.11 Å². The summed E-state index contributed by atoms with van der Waals surface area (Å²) >= 11 is 0. The minimum Gasteiger partial charge on any atom is -0.496 e. The van der Waals surface area contributed by atoms with Crippen LogP contribution in [0.5, 0.6) is 5.75 Å². The van der Waals surface area contributed by atoms with E-state index in [9.17, 15) is 0 Å². The molecule has 1 saturated heterocycles. The van der Waals surface area contributed by atoms with Gasteiger partial charge in [-0.2, -0.15) is 0 Å². The van der Waals surface area contributed by atoms with E-state index in [0.717, 1.165) is 44.9 Å². The first-order valence-corrected chi connectivity index (χ1v) is 7.75. The van der Waals surface area contributed by atoms with E-state index >= 15 is 0 Å². The molecule has 1 heterocycles. The maximum Gasteiger partial charge on any atom is 0.182 e. The van der Waals surface area contributed by atoms with Crippen LogP contribution in [0.25, 0.3) is 0 Å². The van der Waals surface area contributed by atoms with Crippen LogP contribution >= 0.6 is 0 Å². The lowest BCUT2D eigenvalue weighted by atomic mass is 9.87. The summed E-state index contributed by atoms with van der Waals surface area (Å²) in [4.78, 5) is 4.34. The molecular weight excluding hydrogens is 259 g/mol. The van der Waals surface area contributed by atoms with Crippen molar-refractivity contribution in [3.63, 3.8) is 0 Å². The number of methoxy groups -OCH3 is 1. The molecule has 3 nitrogen and oxygen atoms in total. The molecule has 0 spiro atoms. The van der Waals surface area contributed by atoms with Gasteiger partial charge in [0, 0.05) is 19.6 Å². The fourth-order valence-corrected chi connectivity index (χ4v) is 2.78. The molecule has 0 atom stereocenters. The lowest BCUT2D eigenvalue weighted by molar-refractivity contribution is 0.184. The van der Waals surface area contributed by atoms with Crippen molar-refractivity contribution < 1.29 is 4.74 Å². The molecule has 1 aliphatic heterocycles. The van der Waals surface area contributed by atoms with Gasteiger partial charge in [0.25, 0.3) is 0 Å². The molecule has 1 fully saturated rings. The zero-order valence-electron chi connectivity index (χ0n) is 13.9. The molecule has 0 amide bonds. The van der Waals surface area contributed by atoms with Crippen LogP contribution in [0, 0.1) is 5.41 Å². The van der Waals surface area contributed by atoms with E-state index in [1.807, 2.05) is 4.81 Å². The first-order chi connectivity index (χ1) is 9.87. The van der Waals surface area contributed by atoms with Crippen LogP contribution in [-0.2, 0) is 13.0 Å². The molecule has 0 bridgehead atoms. The molecule has 0 unspecified atom stereocenters. The molecule has 21 heavy (non-hydrogen) atoms. The molecular formula is C17H27BN2O. The Morgan fingerprint density at radius 2 is 1.81 bits per heavy atom. The van der Waals surface area contributed by atoms with Crippen molar-refractivity contribution in [1.29, 1.82) is 0 Å². The zero-order chi connectivity index (χ0) is 15.5. The Hall–Kier alpha value is -0.995. The van der Waals surface area contributed by atoms with Crippen molar-refractivity contribution in [2.24, 2.45) is 5.41 Å². The van der Waals surface area contributed by atoms with Gasteiger partial charge in [0.2, 0.25) is 0 Å². The molecule has 2 radical (unpaired) electrons. The maximum absolute atomic E-state index is 5.80. The summed E-state index contributed by atoms with van der Waals surface area (Å²) in [7, 11) is 7.56. The number of nitrogens with zero attached hydrogens (tertiary/aromatic N) is 2. The quantitative estimate of drug-likeness (QED) is 0.791. The predicted octanol–water partition coefficient (Wildman–Crippen LogP) is 2.48. The highest BCUT2D eigenvalue weighted by Crippen LogP contribution is 2.28. The minimum atomic E-state index is 0.270.